The predicted molar refractivity (Wildman–Crippen MR) is 51.6 cm³/mol. The van der Waals surface area contributed by atoms with Gasteiger partial charge in [-0.15, -0.1) is 12.6 Å². The number of hydrogen-bond acceptors (Lipinski definition) is 4. The van der Waals surface area contributed by atoms with Crippen molar-refractivity contribution in [1.82, 2.24) is 0 Å². The van der Waals surface area contributed by atoms with Crippen LogP contribution in [0, 0.1) is 0 Å². The normalized spacial score (nSPS) is 9.46. The van der Waals surface area contributed by atoms with Gasteiger partial charge in [-0.2, -0.15) is 0 Å². The number of carbonyl (C=O) groups is 1. The third-order valence-corrected chi connectivity index (χ3v) is 2.09. The molecule has 0 aliphatic carbocycles. The van der Waals surface area contributed by atoms with Gasteiger partial charge in [0.1, 0.15) is 5.75 Å². The van der Waals surface area contributed by atoms with Crippen LogP contribution in [0.1, 0.15) is 10.4 Å². The highest BCUT2D eigenvalue weighted by Gasteiger charge is 2.12. The van der Waals surface area contributed by atoms with Crippen LogP contribution in [0.15, 0.2) is 23.1 Å². The summed E-state index contributed by atoms with van der Waals surface area (Å²) in [6.07, 6.45) is 0. The molecule has 0 N–H and O–H groups in total. The highest BCUT2D eigenvalue weighted by Crippen LogP contribution is 2.26. The Bertz CT molecular complexity index is 323. The molecule has 0 aromatic heterocycles. The summed E-state index contributed by atoms with van der Waals surface area (Å²) in [5.41, 5.74) is 0.408. The maximum absolute atomic E-state index is 11.2. The molecule has 3 nitrogen and oxygen atoms in total. The average molecular weight is 198 g/mol. The minimum absolute atomic E-state index is 0.408. The molecule has 1 aromatic carbocycles. The quantitative estimate of drug-likeness (QED) is 0.581. The summed E-state index contributed by atoms with van der Waals surface area (Å²) in [4.78, 5) is 11.7. The Kier molecular flexibility index (Phi) is 3.19. The molecule has 0 heterocycles. The topological polar surface area (TPSA) is 35.5 Å². The predicted octanol–water partition coefficient (Wildman–Crippen LogP) is 1.77. The first-order chi connectivity index (χ1) is 6.20. The van der Waals surface area contributed by atoms with Crippen molar-refractivity contribution in [2.45, 2.75) is 4.90 Å². The van der Waals surface area contributed by atoms with Crippen molar-refractivity contribution in [3.63, 3.8) is 0 Å². The molecule has 0 aliphatic rings. The van der Waals surface area contributed by atoms with E-state index in [0.29, 0.717) is 16.2 Å². The van der Waals surface area contributed by atoms with E-state index >= 15 is 0 Å². The van der Waals surface area contributed by atoms with Crippen LogP contribution in [0.5, 0.6) is 5.75 Å². The largest absolute Gasteiger partial charge is 0.496 e. The van der Waals surface area contributed by atoms with Gasteiger partial charge in [-0.05, 0) is 12.1 Å². The Morgan fingerprint density at radius 3 is 2.62 bits per heavy atom. The number of hydrogen-bond donors (Lipinski definition) is 1. The zero-order chi connectivity index (χ0) is 9.84. The maximum Gasteiger partial charge on any atom is 0.339 e. The highest BCUT2D eigenvalue weighted by molar-refractivity contribution is 7.80. The molecule has 4 heteroatoms. The number of benzene rings is 1. The lowest BCUT2D eigenvalue weighted by molar-refractivity contribution is 0.0596. The molecule has 0 bridgehead atoms. The van der Waals surface area contributed by atoms with Gasteiger partial charge >= 0.3 is 5.97 Å². The van der Waals surface area contributed by atoms with Crippen LogP contribution in [0.3, 0.4) is 0 Å². The van der Waals surface area contributed by atoms with E-state index in [0.717, 1.165) is 0 Å². The fraction of sp³-hybridized carbons (Fsp3) is 0.222. The minimum atomic E-state index is -0.413. The summed E-state index contributed by atoms with van der Waals surface area (Å²) in [6, 6.07) is 5.08. The van der Waals surface area contributed by atoms with Crippen molar-refractivity contribution in [1.29, 1.82) is 0 Å². The van der Waals surface area contributed by atoms with Gasteiger partial charge in [0.25, 0.3) is 0 Å². The summed E-state index contributed by atoms with van der Waals surface area (Å²) in [5.74, 6) is 0.148. The second-order valence-electron chi connectivity index (χ2n) is 2.35. The smallest absolute Gasteiger partial charge is 0.339 e. The first-order valence-electron chi connectivity index (χ1n) is 3.65. The van der Waals surface area contributed by atoms with Gasteiger partial charge < -0.3 is 9.47 Å². The Balaban J connectivity index is 3.15. The summed E-state index contributed by atoms with van der Waals surface area (Å²) in [6.45, 7) is 0. The molecular formula is C9H10O3S. The van der Waals surface area contributed by atoms with Crippen molar-refractivity contribution < 1.29 is 14.3 Å². The second-order valence-corrected chi connectivity index (χ2v) is 2.80. The van der Waals surface area contributed by atoms with Gasteiger partial charge in [0.05, 0.1) is 24.7 Å². The summed E-state index contributed by atoms with van der Waals surface area (Å²) < 4.78 is 9.57. The fourth-order valence-electron chi connectivity index (χ4n) is 0.962. The van der Waals surface area contributed by atoms with Gasteiger partial charge in [0.2, 0.25) is 0 Å². The lowest BCUT2D eigenvalue weighted by Crippen LogP contribution is -2.03. The van der Waals surface area contributed by atoms with E-state index < -0.39 is 5.97 Å². The fourth-order valence-corrected chi connectivity index (χ4v) is 1.29. The van der Waals surface area contributed by atoms with Crippen molar-refractivity contribution in [2.75, 3.05) is 14.2 Å². The molecule has 13 heavy (non-hydrogen) atoms. The number of rotatable bonds is 2. The maximum atomic E-state index is 11.2. The van der Waals surface area contributed by atoms with Crippen LogP contribution in [0.4, 0.5) is 0 Å². The van der Waals surface area contributed by atoms with E-state index in [1.54, 1.807) is 18.2 Å². The molecule has 70 valence electrons. The number of carbonyl (C=O) groups excluding carboxylic acids is 1. The summed E-state index contributed by atoms with van der Waals surface area (Å²) in [7, 11) is 2.85. The summed E-state index contributed by atoms with van der Waals surface area (Å²) in [5, 5.41) is 0. The first-order valence-corrected chi connectivity index (χ1v) is 4.09. The van der Waals surface area contributed by atoms with Crippen LogP contribution in [0.2, 0.25) is 0 Å². The van der Waals surface area contributed by atoms with Crippen molar-refractivity contribution in [2.24, 2.45) is 0 Å². The van der Waals surface area contributed by atoms with Gasteiger partial charge in [-0.3, -0.25) is 0 Å². The van der Waals surface area contributed by atoms with E-state index in [1.165, 1.54) is 14.2 Å². The Hall–Kier alpha value is -1.16. The molecule has 0 aliphatic heterocycles. The third-order valence-electron chi connectivity index (χ3n) is 1.62. The lowest BCUT2D eigenvalue weighted by Gasteiger charge is -2.06. The van der Waals surface area contributed by atoms with Gasteiger partial charge in [0, 0.05) is 0 Å². The Morgan fingerprint density at radius 1 is 1.38 bits per heavy atom. The van der Waals surface area contributed by atoms with Gasteiger partial charge in [-0.25, -0.2) is 4.79 Å². The number of methoxy groups -OCH3 is 2. The van der Waals surface area contributed by atoms with Crippen LogP contribution >= 0.6 is 12.6 Å². The molecular weight excluding hydrogens is 188 g/mol. The molecule has 1 rings (SSSR count). The van der Waals surface area contributed by atoms with Gasteiger partial charge in [0.15, 0.2) is 0 Å². The molecule has 0 saturated carbocycles. The van der Waals surface area contributed by atoms with Crippen LogP contribution in [0.25, 0.3) is 0 Å². The molecule has 1 aromatic rings. The van der Waals surface area contributed by atoms with E-state index in [-0.39, 0.29) is 0 Å². The lowest BCUT2D eigenvalue weighted by atomic mass is 10.2. The Labute approximate surface area is 82.1 Å². The van der Waals surface area contributed by atoms with E-state index in [9.17, 15) is 4.79 Å². The Morgan fingerprint density at radius 2 is 2.08 bits per heavy atom. The second kappa shape index (κ2) is 4.18. The number of esters is 1. The minimum Gasteiger partial charge on any atom is -0.496 e. The molecule has 0 saturated heterocycles. The molecule has 0 atom stereocenters. The average Bonchev–Trinajstić information content (AvgIpc) is 2.17. The highest BCUT2D eigenvalue weighted by atomic mass is 32.1. The molecule has 0 fully saturated rings. The van der Waals surface area contributed by atoms with Gasteiger partial charge in [-0.1, -0.05) is 6.07 Å². The SMILES string of the molecule is COC(=O)c1cccc(OC)c1S. The molecule has 0 spiro atoms. The van der Waals surface area contributed by atoms with E-state index in [1.807, 2.05) is 0 Å². The molecule has 0 amide bonds. The van der Waals surface area contributed by atoms with E-state index in [4.69, 9.17) is 4.74 Å². The zero-order valence-electron chi connectivity index (χ0n) is 7.40. The standard InChI is InChI=1S/C9H10O3S/c1-11-7-5-3-4-6(8(7)13)9(10)12-2/h3-5,13H,1-2H3. The van der Waals surface area contributed by atoms with Crippen LogP contribution in [-0.4, -0.2) is 20.2 Å². The number of thiol groups is 1. The molecule has 0 radical (unpaired) electrons. The first kappa shape index (κ1) is 9.92. The van der Waals surface area contributed by atoms with Crippen LogP contribution in [-0.2, 0) is 4.74 Å². The van der Waals surface area contributed by atoms with Crippen molar-refractivity contribution in [3.05, 3.63) is 23.8 Å². The zero-order valence-corrected chi connectivity index (χ0v) is 8.30. The van der Waals surface area contributed by atoms with Crippen LogP contribution < -0.4 is 4.74 Å². The third kappa shape index (κ3) is 1.95. The van der Waals surface area contributed by atoms with Crippen molar-refractivity contribution in [3.8, 4) is 5.75 Å². The molecule has 0 unspecified atom stereocenters. The monoisotopic (exact) mass is 198 g/mol. The number of ether oxygens (including phenoxy) is 2. The van der Waals surface area contributed by atoms with Crippen molar-refractivity contribution >= 4 is 18.6 Å². The van der Waals surface area contributed by atoms with E-state index in [2.05, 4.69) is 17.4 Å². The summed E-state index contributed by atoms with van der Waals surface area (Å²) >= 11 is 4.16.